The standard InChI is InChI=1S/C16H8BrCl3FN5O3/c17-9-5-8(1-2-12(9)21)24-28-22-6-13-15(26-29-25-13)23-16(27)14-10(19)3-7(18)4-11(14)20/h1-6,24H,(H,23,26,27)/b22-6+. The second kappa shape index (κ2) is 9.40. The first kappa shape index (κ1) is 21.3. The molecule has 0 aliphatic rings. The van der Waals surface area contributed by atoms with Crippen LogP contribution in [0.15, 0.2) is 44.6 Å². The van der Waals surface area contributed by atoms with Gasteiger partial charge in [0.25, 0.3) is 5.91 Å². The van der Waals surface area contributed by atoms with Crippen LogP contribution in [-0.4, -0.2) is 22.4 Å². The maximum absolute atomic E-state index is 13.2. The first-order chi connectivity index (χ1) is 13.8. The van der Waals surface area contributed by atoms with Crippen molar-refractivity contribution >= 4 is 74.4 Å². The van der Waals surface area contributed by atoms with Crippen LogP contribution in [0.3, 0.4) is 0 Å². The zero-order valence-corrected chi connectivity index (χ0v) is 17.8. The number of carbonyl (C=O) groups excluding carboxylic acids is 1. The van der Waals surface area contributed by atoms with Crippen molar-refractivity contribution < 1.29 is 18.8 Å². The molecule has 0 atom stereocenters. The zero-order valence-electron chi connectivity index (χ0n) is 13.9. The summed E-state index contributed by atoms with van der Waals surface area (Å²) < 4.78 is 18.0. The second-order valence-corrected chi connectivity index (χ2v) is 7.36. The Morgan fingerprint density at radius 2 is 1.93 bits per heavy atom. The molecule has 0 unspecified atom stereocenters. The summed E-state index contributed by atoms with van der Waals surface area (Å²) >= 11 is 20.9. The summed E-state index contributed by atoms with van der Waals surface area (Å²) in [6.07, 6.45) is 1.13. The average Bonchev–Trinajstić information content (AvgIpc) is 3.07. The number of carbonyl (C=O) groups is 1. The highest BCUT2D eigenvalue weighted by molar-refractivity contribution is 9.10. The van der Waals surface area contributed by atoms with Gasteiger partial charge >= 0.3 is 0 Å². The molecule has 0 aliphatic carbocycles. The molecule has 3 rings (SSSR count). The average molecular weight is 524 g/mol. The number of rotatable bonds is 6. The molecular weight excluding hydrogens is 515 g/mol. The van der Waals surface area contributed by atoms with Crippen LogP contribution >= 0.6 is 50.7 Å². The van der Waals surface area contributed by atoms with E-state index in [1.807, 2.05) is 0 Å². The molecule has 3 aromatic rings. The number of benzene rings is 2. The number of hydrogen-bond acceptors (Lipinski definition) is 7. The van der Waals surface area contributed by atoms with E-state index in [1.165, 1.54) is 30.3 Å². The van der Waals surface area contributed by atoms with Crippen molar-refractivity contribution in [2.45, 2.75) is 0 Å². The fourth-order valence-electron chi connectivity index (χ4n) is 2.01. The Hall–Kier alpha value is -2.40. The Balaban J connectivity index is 1.65. The number of aromatic nitrogens is 2. The molecule has 1 aromatic heterocycles. The van der Waals surface area contributed by atoms with Crippen molar-refractivity contribution in [2.75, 3.05) is 10.8 Å². The van der Waals surface area contributed by atoms with Gasteiger partial charge in [0.2, 0.25) is 5.82 Å². The maximum Gasteiger partial charge on any atom is 0.260 e. The molecule has 0 saturated carbocycles. The molecule has 150 valence electrons. The van der Waals surface area contributed by atoms with Crippen molar-refractivity contribution in [3.63, 3.8) is 0 Å². The van der Waals surface area contributed by atoms with Crippen LogP contribution < -0.4 is 10.8 Å². The Morgan fingerprint density at radius 3 is 2.62 bits per heavy atom. The number of oxime groups is 1. The lowest BCUT2D eigenvalue weighted by Crippen LogP contribution is -2.14. The summed E-state index contributed by atoms with van der Waals surface area (Å²) in [5.41, 5.74) is 2.97. The molecule has 0 saturated heterocycles. The zero-order chi connectivity index (χ0) is 21.0. The quantitative estimate of drug-likeness (QED) is 0.324. The predicted molar refractivity (Wildman–Crippen MR) is 110 cm³/mol. The van der Waals surface area contributed by atoms with E-state index in [-0.39, 0.29) is 36.6 Å². The van der Waals surface area contributed by atoms with Crippen LogP contribution in [0.25, 0.3) is 0 Å². The van der Waals surface area contributed by atoms with Crippen molar-refractivity contribution in [2.24, 2.45) is 5.16 Å². The molecule has 13 heteroatoms. The predicted octanol–water partition coefficient (Wildman–Crippen LogP) is 5.56. The van der Waals surface area contributed by atoms with Crippen molar-refractivity contribution in [3.8, 4) is 0 Å². The minimum atomic E-state index is -0.655. The second-order valence-electron chi connectivity index (χ2n) is 5.25. The summed E-state index contributed by atoms with van der Waals surface area (Å²) in [5.74, 6) is -1.12. The van der Waals surface area contributed by atoms with E-state index in [0.29, 0.717) is 5.69 Å². The van der Waals surface area contributed by atoms with Crippen LogP contribution in [-0.2, 0) is 4.94 Å². The van der Waals surface area contributed by atoms with Gasteiger partial charge in [0.1, 0.15) is 12.0 Å². The van der Waals surface area contributed by atoms with E-state index in [4.69, 9.17) is 39.7 Å². The molecule has 0 fully saturated rings. The van der Waals surface area contributed by atoms with Gasteiger partial charge in [0.15, 0.2) is 5.69 Å². The third-order valence-corrected chi connectivity index (χ3v) is 4.71. The molecule has 2 N–H and O–H groups in total. The smallest absolute Gasteiger partial charge is 0.260 e. The fraction of sp³-hybridized carbons (Fsp3) is 0. The van der Waals surface area contributed by atoms with E-state index < -0.39 is 11.7 Å². The van der Waals surface area contributed by atoms with E-state index in [0.717, 1.165) is 6.21 Å². The molecule has 1 heterocycles. The topological polar surface area (TPSA) is 102 Å². The fourth-order valence-corrected chi connectivity index (χ4v) is 3.38. The lowest BCUT2D eigenvalue weighted by atomic mass is 10.2. The molecule has 2 aromatic carbocycles. The van der Waals surface area contributed by atoms with Gasteiger partial charge in [-0.1, -0.05) is 40.0 Å². The van der Waals surface area contributed by atoms with Crippen LogP contribution in [0.1, 0.15) is 16.1 Å². The van der Waals surface area contributed by atoms with E-state index in [9.17, 15) is 9.18 Å². The molecule has 8 nitrogen and oxygen atoms in total. The Morgan fingerprint density at radius 1 is 1.21 bits per heavy atom. The van der Waals surface area contributed by atoms with Crippen LogP contribution in [0, 0.1) is 5.82 Å². The molecule has 29 heavy (non-hydrogen) atoms. The normalized spacial score (nSPS) is 10.9. The van der Waals surface area contributed by atoms with Crippen molar-refractivity contribution in [3.05, 3.63) is 66.9 Å². The third kappa shape index (κ3) is 5.36. The van der Waals surface area contributed by atoms with Gasteiger partial charge in [-0.05, 0) is 56.6 Å². The summed E-state index contributed by atoms with van der Waals surface area (Å²) in [6, 6.07) is 6.88. The highest BCUT2D eigenvalue weighted by Gasteiger charge is 2.19. The Bertz CT molecular complexity index is 1070. The highest BCUT2D eigenvalue weighted by Crippen LogP contribution is 2.29. The number of amides is 1. The number of anilines is 2. The molecule has 1 amide bonds. The summed E-state index contributed by atoms with van der Waals surface area (Å²) in [6.45, 7) is 0. The number of halogens is 5. The monoisotopic (exact) mass is 521 g/mol. The summed E-state index contributed by atoms with van der Waals surface area (Å²) in [4.78, 5) is 17.3. The molecule has 0 radical (unpaired) electrons. The van der Waals surface area contributed by atoms with E-state index >= 15 is 0 Å². The minimum Gasteiger partial charge on any atom is -0.302 e. The van der Waals surface area contributed by atoms with Crippen molar-refractivity contribution in [1.29, 1.82) is 0 Å². The van der Waals surface area contributed by atoms with Crippen LogP contribution in [0.2, 0.25) is 15.1 Å². The van der Waals surface area contributed by atoms with Gasteiger partial charge in [0, 0.05) is 5.02 Å². The first-order valence-electron chi connectivity index (χ1n) is 7.54. The van der Waals surface area contributed by atoms with Gasteiger partial charge in [-0.3, -0.25) is 9.73 Å². The largest absolute Gasteiger partial charge is 0.302 e. The Kier molecular flexibility index (Phi) is 6.91. The summed E-state index contributed by atoms with van der Waals surface area (Å²) in [7, 11) is 0. The van der Waals surface area contributed by atoms with Crippen LogP contribution in [0.5, 0.6) is 0 Å². The molecule has 0 aliphatic heterocycles. The molecular formula is C16H8BrCl3FN5O3. The maximum atomic E-state index is 13.2. The molecule has 0 bridgehead atoms. The van der Waals surface area contributed by atoms with Gasteiger partial charge in [-0.15, -0.1) is 0 Å². The minimum absolute atomic E-state index is 0.00317. The van der Waals surface area contributed by atoms with Gasteiger partial charge in [-0.2, -0.15) is 5.48 Å². The van der Waals surface area contributed by atoms with E-state index in [2.05, 4.69) is 46.8 Å². The van der Waals surface area contributed by atoms with E-state index in [1.54, 1.807) is 0 Å². The molecule has 0 spiro atoms. The first-order valence-corrected chi connectivity index (χ1v) is 9.46. The number of hydrogen-bond donors (Lipinski definition) is 2. The number of nitrogens with zero attached hydrogens (tertiary/aromatic N) is 3. The van der Waals surface area contributed by atoms with Gasteiger partial charge in [0.05, 0.1) is 25.8 Å². The highest BCUT2D eigenvalue weighted by atomic mass is 79.9. The lowest BCUT2D eigenvalue weighted by molar-refractivity contribution is 0.102. The Labute approximate surface area is 186 Å². The lowest BCUT2D eigenvalue weighted by Gasteiger charge is -2.07. The van der Waals surface area contributed by atoms with Gasteiger partial charge < -0.3 is 5.32 Å². The van der Waals surface area contributed by atoms with Crippen LogP contribution in [0.4, 0.5) is 15.9 Å². The van der Waals surface area contributed by atoms with Gasteiger partial charge in [-0.25, -0.2) is 9.02 Å². The van der Waals surface area contributed by atoms with Crippen molar-refractivity contribution in [1.82, 2.24) is 10.3 Å². The number of nitrogens with one attached hydrogen (secondary N) is 2. The third-order valence-electron chi connectivity index (χ3n) is 3.29. The summed E-state index contributed by atoms with van der Waals surface area (Å²) in [5, 5.41) is 13.6. The SMILES string of the molecule is O=C(Nc1nonc1/C=N/ONc1ccc(F)c(Br)c1)c1c(Cl)cc(Cl)cc1Cl.